The van der Waals surface area contributed by atoms with E-state index < -0.39 is 4.92 Å². The fourth-order valence-corrected chi connectivity index (χ4v) is 1.03. The number of hydrogen-bond acceptors (Lipinski definition) is 3. The predicted molar refractivity (Wildman–Crippen MR) is 58.0 cm³/mol. The third-order valence-electron chi connectivity index (χ3n) is 1.79. The topological polar surface area (TPSA) is 52.4 Å². The normalized spacial score (nSPS) is 9.47. The van der Waals surface area contributed by atoms with Gasteiger partial charge < -0.3 is 4.74 Å². The Labute approximate surface area is 88.3 Å². The molecule has 80 valence electrons. The Kier molecular flexibility index (Phi) is 3.85. The molecule has 0 radical (unpaired) electrons. The molecule has 0 spiro atoms. The van der Waals surface area contributed by atoms with E-state index in [0.717, 1.165) is 5.57 Å². The molecule has 4 heteroatoms. The quantitative estimate of drug-likeness (QED) is 0.433. The van der Waals surface area contributed by atoms with Gasteiger partial charge in [-0.05, 0) is 26.0 Å². The number of nitro benzene ring substituents is 1. The van der Waals surface area contributed by atoms with Crippen molar-refractivity contribution in [1.82, 2.24) is 0 Å². The summed E-state index contributed by atoms with van der Waals surface area (Å²) in [5.74, 6) is 0.306. The van der Waals surface area contributed by atoms with Crippen LogP contribution in [0.4, 0.5) is 5.69 Å². The van der Waals surface area contributed by atoms with Crippen molar-refractivity contribution in [2.24, 2.45) is 0 Å². The van der Waals surface area contributed by atoms with Crippen LogP contribution in [0.5, 0.6) is 5.75 Å². The molecule has 1 aromatic carbocycles. The third-order valence-corrected chi connectivity index (χ3v) is 1.79. The summed E-state index contributed by atoms with van der Waals surface area (Å²) in [6, 6.07) is 6.35. The molecule has 0 aliphatic carbocycles. The van der Waals surface area contributed by atoms with Crippen LogP contribution in [0.15, 0.2) is 35.9 Å². The molecule has 0 saturated heterocycles. The summed E-state index contributed by atoms with van der Waals surface area (Å²) >= 11 is 0. The number of nitrogens with zero attached hydrogens (tertiary/aromatic N) is 1. The summed E-state index contributed by atoms with van der Waals surface area (Å²) in [5, 5.41) is 10.6. The summed E-state index contributed by atoms with van der Waals surface area (Å²) in [6.07, 6.45) is 1.87. The Morgan fingerprint density at radius 3 is 2.73 bits per heavy atom. The zero-order valence-electron chi connectivity index (χ0n) is 8.77. The van der Waals surface area contributed by atoms with E-state index in [9.17, 15) is 10.1 Å². The minimum absolute atomic E-state index is 0.000318. The number of ether oxygens (including phenoxy) is 1. The maximum atomic E-state index is 10.6. The smallest absolute Gasteiger partial charge is 0.310 e. The van der Waals surface area contributed by atoms with Crippen molar-refractivity contribution in [2.75, 3.05) is 6.61 Å². The van der Waals surface area contributed by atoms with Crippen molar-refractivity contribution < 1.29 is 9.66 Å². The van der Waals surface area contributed by atoms with Crippen LogP contribution >= 0.6 is 0 Å². The number of para-hydroxylation sites is 2. The molecule has 0 atom stereocenters. The minimum Gasteiger partial charge on any atom is -0.483 e. The molecule has 0 unspecified atom stereocenters. The Balaban J connectivity index is 2.76. The van der Waals surface area contributed by atoms with Gasteiger partial charge in [0.15, 0.2) is 5.75 Å². The van der Waals surface area contributed by atoms with Crippen molar-refractivity contribution in [2.45, 2.75) is 13.8 Å². The molecule has 1 aromatic rings. The van der Waals surface area contributed by atoms with Crippen molar-refractivity contribution in [3.05, 3.63) is 46.0 Å². The molecule has 0 saturated carbocycles. The van der Waals surface area contributed by atoms with Crippen LogP contribution in [0.3, 0.4) is 0 Å². The number of rotatable bonds is 4. The van der Waals surface area contributed by atoms with Gasteiger partial charge in [0.05, 0.1) is 4.92 Å². The van der Waals surface area contributed by atoms with E-state index in [1.165, 1.54) is 6.07 Å². The predicted octanol–water partition coefficient (Wildman–Crippen LogP) is 2.94. The molecule has 0 N–H and O–H groups in total. The molecular formula is C11H13NO3. The molecule has 0 aliphatic heterocycles. The largest absolute Gasteiger partial charge is 0.483 e. The maximum Gasteiger partial charge on any atom is 0.310 e. The second-order valence-electron chi connectivity index (χ2n) is 3.32. The third kappa shape index (κ3) is 3.42. The van der Waals surface area contributed by atoms with Crippen molar-refractivity contribution in [3.8, 4) is 5.75 Å². The monoisotopic (exact) mass is 207 g/mol. The van der Waals surface area contributed by atoms with Crippen LogP contribution in [0, 0.1) is 10.1 Å². The first-order chi connectivity index (χ1) is 7.11. The summed E-state index contributed by atoms with van der Waals surface area (Å²) in [6.45, 7) is 4.25. The average molecular weight is 207 g/mol. The van der Waals surface area contributed by atoms with Crippen LogP contribution in [0.25, 0.3) is 0 Å². The van der Waals surface area contributed by atoms with Gasteiger partial charge in [-0.2, -0.15) is 0 Å². The molecule has 1 rings (SSSR count). The van der Waals surface area contributed by atoms with Gasteiger partial charge in [0.2, 0.25) is 0 Å². The molecule has 4 nitrogen and oxygen atoms in total. The Morgan fingerprint density at radius 1 is 1.47 bits per heavy atom. The zero-order chi connectivity index (χ0) is 11.3. The highest BCUT2D eigenvalue weighted by Gasteiger charge is 2.12. The number of allylic oxidation sites excluding steroid dienone is 1. The lowest BCUT2D eigenvalue weighted by molar-refractivity contribution is -0.385. The van der Waals surface area contributed by atoms with E-state index in [0.29, 0.717) is 12.4 Å². The highest BCUT2D eigenvalue weighted by molar-refractivity contribution is 5.45. The number of nitro groups is 1. The fourth-order valence-electron chi connectivity index (χ4n) is 1.03. The molecular weight excluding hydrogens is 194 g/mol. The van der Waals surface area contributed by atoms with Crippen molar-refractivity contribution in [1.29, 1.82) is 0 Å². The highest BCUT2D eigenvalue weighted by Crippen LogP contribution is 2.25. The Bertz CT molecular complexity index is 381. The first kappa shape index (κ1) is 11.2. The standard InChI is InChI=1S/C11H13NO3/c1-9(2)7-8-15-11-6-4-3-5-10(11)12(13)14/h3-7H,8H2,1-2H3. The van der Waals surface area contributed by atoms with Gasteiger partial charge in [-0.15, -0.1) is 0 Å². The summed E-state index contributed by atoms with van der Waals surface area (Å²) < 4.78 is 5.29. The van der Waals surface area contributed by atoms with Crippen molar-refractivity contribution in [3.63, 3.8) is 0 Å². The Morgan fingerprint density at radius 2 is 2.13 bits per heavy atom. The van der Waals surface area contributed by atoms with Gasteiger partial charge in [0.1, 0.15) is 6.61 Å². The van der Waals surface area contributed by atoms with E-state index in [-0.39, 0.29) is 5.69 Å². The van der Waals surface area contributed by atoms with E-state index in [4.69, 9.17) is 4.74 Å². The minimum atomic E-state index is -0.447. The molecule has 0 heterocycles. The summed E-state index contributed by atoms with van der Waals surface area (Å²) in [4.78, 5) is 10.2. The number of benzene rings is 1. The molecule has 0 bridgehead atoms. The van der Waals surface area contributed by atoms with E-state index >= 15 is 0 Å². The maximum absolute atomic E-state index is 10.6. The van der Waals surface area contributed by atoms with Crippen LogP contribution < -0.4 is 4.74 Å². The number of hydrogen-bond donors (Lipinski definition) is 0. The molecule has 0 amide bonds. The van der Waals surface area contributed by atoms with Crippen LogP contribution in [-0.2, 0) is 0 Å². The van der Waals surface area contributed by atoms with Gasteiger partial charge in [0.25, 0.3) is 0 Å². The van der Waals surface area contributed by atoms with E-state index in [1.807, 2.05) is 19.9 Å². The second kappa shape index (κ2) is 5.14. The summed E-state index contributed by atoms with van der Waals surface area (Å²) in [5.41, 5.74) is 1.12. The van der Waals surface area contributed by atoms with Gasteiger partial charge in [-0.3, -0.25) is 10.1 Å². The lowest BCUT2D eigenvalue weighted by Gasteiger charge is -2.03. The average Bonchev–Trinajstić information content (AvgIpc) is 2.17. The lowest BCUT2D eigenvalue weighted by atomic mass is 10.3. The van der Waals surface area contributed by atoms with Crippen LogP contribution in [-0.4, -0.2) is 11.5 Å². The highest BCUT2D eigenvalue weighted by atomic mass is 16.6. The zero-order valence-corrected chi connectivity index (χ0v) is 8.77. The second-order valence-corrected chi connectivity index (χ2v) is 3.32. The van der Waals surface area contributed by atoms with Gasteiger partial charge in [-0.25, -0.2) is 0 Å². The molecule has 0 fully saturated rings. The Hall–Kier alpha value is -1.84. The lowest BCUT2D eigenvalue weighted by Crippen LogP contribution is -1.98. The van der Waals surface area contributed by atoms with Gasteiger partial charge >= 0.3 is 5.69 Å². The van der Waals surface area contributed by atoms with Gasteiger partial charge in [-0.1, -0.05) is 17.7 Å². The first-order valence-electron chi connectivity index (χ1n) is 4.61. The van der Waals surface area contributed by atoms with E-state index in [2.05, 4.69) is 0 Å². The molecule has 0 aliphatic rings. The van der Waals surface area contributed by atoms with E-state index in [1.54, 1.807) is 18.2 Å². The first-order valence-corrected chi connectivity index (χ1v) is 4.61. The summed E-state index contributed by atoms with van der Waals surface area (Å²) in [7, 11) is 0. The molecule has 15 heavy (non-hydrogen) atoms. The van der Waals surface area contributed by atoms with Crippen molar-refractivity contribution >= 4 is 5.69 Å². The fraction of sp³-hybridized carbons (Fsp3) is 0.273. The van der Waals surface area contributed by atoms with Crippen LogP contribution in [0.2, 0.25) is 0 Å². The SMILES string of the molecule is CC(C)=CCOc1ccccc1[N+](=O)[O-]. The molecule has 0 aromatic heterocycles. The van der Waals surface area contributed by atoms with Gasteiger partial charge in [0, 0.05) is 6.07 Å². The van der Waals surface area contributed by atoms with Crippen LogP contribution in [0.1, 0.15) is 13.8 Å².